The highest BCUT2D eigenvalue weighted by molar-refractivity contribution is 5.99. The van der Waals surface area contributed by atoms with Crippen molar-refractivity contribution < 1.29 is 4.92 Å². The number of benzene rings is 1. The lowest BCUT2D eigenvalue weighted by Gasteiger charge is -2.09. The predicted molar refractivity (Wildman–Crippen MR) is 137 cm³/mol. The number of hydrogen-bond donors (Lipinski definition) is 2. The van der Waals surface area contributed by atoms with Gasteiger partial charge in [-0.1, -0.05) is 64.0 Å². The van der Waals surface area contributed by atoms with Crippen LogP contribution in [0.15, 0.2) is 39.0 Å². The number of aromatic nitrogens is 4. The van der Waals surface area contributed by atoms with Crippen molar-refractivity contribution in [2.24, 2.45) is 12.1 Å². The summed E-state index contributed by atoms with van der Waals surface area (Å²) in [4.78, 5) is 42.1. The molecule has 0 aliphatic rings. The first-order chi connectivity index (χ1) is 16.8. The van der Waals surface area contributed by atoms with Gasteiger partial charge in [0, 0.05) is 31.3 Å². The van der Waals surface area contributed by atoms with E-state index in [0.717, 1.165) is 19.3 Å². The number of anilines is 1. The van der Waals surface area contributed by atoms with Gasteiger partial charge in [-0.25, -0.2) is 10.2 Å². The Labute approximate surface area is 203 Å². The van der Waals surface area contributed by atoms with Gasteiger partial charge in [-0.3, -0.25) is 24.5 Å². The molecule has 35 heavy (non-hydrogen) atoms. The zero-order valence-electron chi connectivity index (χ0n) is 20.5. The summed E-state index contributed by atoms with van der Waals surface area (Å²) in [7, 11) is 1.55. The predicted octanol–water partition coefficient (Wildman–Crippen LogP) is 4.31. The van der Waals surface area contributed by atoms with E-state index in [1.54, 1.807) is 30.7 Å². The molecule has 11 nitrogen and oxygen atoms in total. The van der Waals surface area contributed by atoms with Crippen LogP contribution in [0.4, 0.5) is 11.6 Å². The van der Waals surface area contributed by atoms with E-state index in [-0.39, 0.29) is 11.3 Å². The molecule has 0 saturated carbocycles. The summed E-state index contributed by atoms with van der Waals surface area (Å²) in [6.45, 7) is 4.47. The minimum Gasteiger partial charge on any atom is -0.303 e. The second-order valence-corrected chi connectivity index (χ2v) is 8.67. The largest absolute Gasteiger partial charge is 0.329 e. The van der Waals surface area contributed by atoms with Gasteiger partial charge in [0.2, 0.25) is 5.95 Å². The Kier molecular flexibility index (Phi) is 8.93. The van der Waals surface area contributed by atoms with Crippen LogP contribution >= 0.6 is 0 Å². The zero-order chi connectivity index (χ0) is 25.4. The normalized spacial score (nSPS) is 11.8. The lowest BCUT2D eigenvalue weighted by molar-refractivity contribution is -0.384. The van der Waals surface area contributed by atoms with Crippen molar-refractivity contribution in [3.63, 3.8) is 0 Å². The summed E-state index contributed by atoms with van der Waals surface area (Å²) < 4.78 is 3.04. The smallest absolute Gasteiger partial charge is 0.303 e. The molecule has 0 saturated heterocycles. The van der Waals surface area contributed by atoms with Crippen LogP contribution < -0.4 is 16.7 Å². The minimum atomic E-state index is -0.540. The van der Waals surface area contributed by atoms with Crippen LogP contribution in [0, 0.1) is 10.1 Å². The van der Waals surface area contributed by atoms with E-state index in [0.29, 0.717) is 29.3 Å². The third-order valence-electron chi connectivity index (χ3n) is 6.04. The van der Waals surface area contributed by atoms with Crippen molar-refractivity contribution in [2.75, 3.05) is 5.43 Å². The quantitative estimate of drug-likeness (QED) is 0.161. The summed E-state index contributed by atoms with van der Waals surface area (Å²) in [5.41, 5.74) is 3.51. The molecule has 2 N–H and O–H groups in total. The summed E-state index contributed by atoms with van der Waals surface area (Å²) in [5.74, 6) is 0.333. The van der Waals surface area contributed by atoms with Crippen LogP contribution in [0.2, 0.25) is 0 Å². The summed E-state index contributed by atoms with van der Waals surface area (Å²) in [6.07, 6.45) is 9.19. The number of nitrogens with zero attached hydrogens (tertiary/aromatic N) is 5. The molecule has 0 atom stereocenters. The van der Waals surface area contributed by atoms with E-state index in [9.17, 15) is 19.7 Å². The molecular formula is C24H33N7O4. The highest BCUT2D eigenvalue weighted by atomic mass is 16.6. The third-order valence-corrected chi connectivity index (χ3v) is 6.04. The fourth-order valence-corrected chi connectivity index (χ4v) is 3.98. The SMILES string of the molecule is CCCCCCCCCCn1c(N/N=C(/C)c2cccc([N+](=O)[O-])c2)nc2c1c(=O)[nH]c(=O)n2C. The van der Waals surface area contributed by atoms with Gasteiger partial charge in [0.05, 0.1) is 10.6 Å². The van der Waals surface area contributed by atoms with Gasteiger partial charge in [0.15, 0.2) is 11.2 Å². The molecule has 1 aromatic carbocycles. The molecule has 2 aromatic heterocycles. The van der Waals surface area contributed by atoms with Crippen LogP contribution in [0.5, 0.6) is 0 Å². The van der Waals surface area contributed by atoms with E-state index in [4.69, 9.17) is 0 Å². The topological polar surface area (TPSA) is 140 Å². The van der Waals surface area contributed by atoms with Crippen LogP contribution in [0.3, 0.4) is 0 Å². The van der Waals surface area contributed by atoms with Crippen LogP contribution in [0.1, 0.15) is 70.8 Å². The van der Waals surface area contributed by atoms with E-state index in [1.807, 2.05) is 0 Å². The average Bonchev–Trinajstić information content (AvgIpc) is 3.21. The molecule has 11 heteroatoms. The molecule has 0 fully saturated rings. The number of nitro groups is 1. The van der Waals surface area contributed by atoms with Crippen molar-refractivity contribution >= 4 is 28.5 Å². The van der Waals surface area contributed by atoms with Gasteiger partial charge in [0.1, 0.15) is 0 Å². The molecule has 3 aromatic rings. The number of H-pyrrole nitrogens is 1. The van der Waals surface area contributed by atoms with Gasteiger partial charge < -0.3 is 4.57 Å². The molecule has 0 aliphatic heterocycles. The fourth-order valence-electron chi connectivity index (χ4n) is 3.98. The number of hydrogen-bond acceptors (Lipinski definition) is 7. The number of nitrogens with one attached hydrogen (secondary N) is 2. The summed E-state index contributed by atoms with van der Waals surface area (Å²) in [6, 6.07) is 6.18. The number of unbranched alkanes of at least 4 members (excludes halogenated alkanes) is 7. The monoisotopic (exact) mass is 483 g/mol. The minimum absolute atomic E-state index is 0.0273. The third kappa shape index (κ3) is 6.43. The Morgan fingerprint density at radius 3 is 2.51 bits per heavy atom. The van der Waals surface area contributed by atoms with Crippen molar-refractivity contribution in [3.8, 4) is 0 Å². The second kappa shape index (κ2) is 12.1. The Morgan fingerprint density at radius 2 is 1.83 bits per heavy atom. The first kappa shape index (κ1) is 25.9. The van der Waals surface area contributed by atoms with Gasteiger partial charge in [-0.05, 0) is 13.3 Å². The Hall–Kier alpha value is -3.76. The average molecular weight is 484 g/mol. The first-order valence-electron chi connectivity index (χ1n) is 12.1. The standard InChI is InChI=1S/C24H33N7O4/c1-4-5-6-7-8-9-10-11-15-30-20-21(29(3)24(33)26-22(20)32)25-23(30)28-27-17(2)18-13-12-14-19(16-18)31(34)35/h12-14,16H,4-11,15H2,1-3H3,(H,25,28)(H,26,32,33)/b27-17-. The molecule has 3 rings (SSSR count). The number of fused-ring (bicyclic) bond motifs is 1. The Balaban J connectivity index is 1.82. The molecular weight excluding hydrogens is 450 g/mol. The Bertz CT molecular complexity index is 1320. The summed E-state index contributed by atoms with van der Waals surface area (Å²) in [5, 5.41) is 15.4. The van der Waals surface area contributed by atoms with Gasteiger partial charge in [0.25, 0.3) is 11.2 Å². The molecule has 0 amide bonds. The van der Waals surface area contributed by atoms with E-state index in [1.165, 1.54) is 48.8 Å². The summed E-state index contributed by atoms with van der Waals surface area (Å²) >= 11 is 0. The van der Waals surface area contributed by atoms with Crippen molar-refractivity contribution in [1.82, 2.24) is 19.1 Å². The molecule has 188 valence electrons. The number of hydrazone groups is 1. The van der Waals surface area contributed by atoms with Gasteiger partial charge >= 0.3 is 5.69 Å². The molecule has 0 unspecified atom stereocenters. The highest BCUT2D eigenvalue weighted by Gasteiger charge is 2.17. The van der Waals surface area contributed by atoms with Crippen molar-refractivity contribution in [2.45, 2.75) is 71.8 Å². The zero-order valence-corrected chi connectivity index (χ0v) is 20.5. The van der Waals surface area contributed by atoms with E-state index in [2.05, 4.69) is 27.4 Å². The molecule has 0 bridgehead atoms. The van der Waals surface area contributed by atoms with Crippen LogP contribution in [-0.2, 0) is 13.6 Å². The number of nitro benzene ring substituents is 1. The molecule has 0 aliphatic carbocycles. The number of non-ortho nitro benzene ring substituents is 1. The maximum absolute atomic E-state index is 12.6. The maximum atomic E-state index is 12.6. The van der Waals surface area contributed by atoms with Crippen molar-refractivity contribution in [3.05, 3.63) is 60.8 Å². The number of rotatable bonds is 13. The lowest BCUT2D eigenvalue weighted by atomic mass is 10.1. The molecule has 2 heterocycles. The van der Waals surface area contributed by atoms with Gasteiger partial charge in [-0.15, -0.1) is 0 Å². The molecule has 0 spiro atoms. The number of imidazole rings is 1. The second-order valence-electron chi connectivity index (χ2n) is 8.67. The van der Waals surface area contributed by atoms with Gasteiger partial charge in [-0.2, -0.15) is 10.1 Å². The first-order valence-corrected chi connectivity index (χ1v) is 12.1. The Morgan fingerprint density at radius 1 is 1.14 bits per heavy atom. The van der Waals surface area contributed by atoms with E-state index < -0.39 is 16.2 Å². The lowest BCUT2D eigenvalue weighted by Crippen LogP contribution is -2.29. The number of aromatic amines is 1. The maximum Gasteiger partial charge on any atom is 0.329 e. The van der Waals surface area contributed by atoms with Crippen LogP contribution in [-0.4, -0.2) is 29.7 Å². The number of aryl methyl sites for hydroxylation is 2. The fraction of sp³-hybridized carbons (Fsp3) is 0.500. The van der Waals surface area contributed by atoms with E-state index >= 15 is 0 Å². The molecule has 0 radical (unpaired) electrons. The van der Waals surface area contributed by atoms with Crippen LogP contribution in [0.25, 0.3) is 11.2 Å². The van der Waals surface area contributed by atoms with Crippen molar-refractivity contribution in [1.29, 1.82) is 0 Å². The highest BCUT2D eigenvalue weighted by Crippen LogP contribution is 2.19.